The highest BCUT2D eigenvalue weighted by Gasteiger charge is 2.20. The molecule has 0 aliphatic heterocycles. The number of rotatable bonds is 4. The summed E-state index contributed by atoms with van der Waals surface area (Å²) < 4.78 is 5.48. The maximum Gasteiger partial charge on any atom is 0.192 e. The SMILES string of the molecule is Cc1nc2cc(C(C)(C)CNCBr)ccc2o1. The zero-order chi connectivity index (χ0) is 12.5. The number of alkyl halides is 1. The minimum Gasteiger partial charge on any atom is -0.441 e. The number of oxazole rings is 1. The number of aryl methyl sites for hydroxylation is 1. The molecule has 1 aromatic carbocycles. The van der Waals surface area contributed by atoms with Crippen LogP contribution < -0.4 is 5.32 Å². The molecular weight excluding hydrogens is 280 g/mol. The number of hydrogen-bond acceptors (Lipinski definition) is 3. The standard InChI is InChI=1S/C13H17BrN2O/c1-9-16-11-6-10(4-5-12(11)17-9)13(2,3)7-15-8-14/h4-6,15H,7-8H2,1-3H3. The molecular formula is C13H17BrN2O. The lowest BCUT2D eigenvalue weighted by atomic mass is 9.84. The first kappa shape index (κ1) is 12.6. The first-order chi connectivity index (χ1) is 8.03. The van der Waals surface area contributed by atoms with Crippen LogP contribution in [0.25, 0.3) is 11.1 Å². The molecule has 4 heteroatoms. The molecule has 0 aliphatic carbocycles. The Morgan fingerprint density at radius 3 is 2.88 bits per heavy atom. The molecule has 92 valence electrons. The second-order valence-corrected chi connectivity index (χ2v) is 5.42. The molecule has 1 aromatic heterocycles. The molecule has 1 N–H and O–H groups in total. The van der Waals surface area contributed by atoms with Crippen LogP contribution in [-0.2, 0) is 5.41 Å². The highest BCUT2D eigenvalue weighted by molar-refractivity contribution is 9.09. The molecule has 0 saturated heterocycles. The normalized spacial score (nSPS) is 12.2. The van der Waals surface area contributed by atoms with Gasteiger partial charge in [-0.05, 0) is 17.7 Å². The third-order valence-corrected chi connectivity index (χ3v) is 3.33. The van der Waals surface area contributed by atoms with E-state index in [1.54, 1.807) is 0 Å². The van der Waals surface area contributed by atoms with E-state index in [1.807, 2.05) is 13.0 Å². The Balaban J connectivity index is 2.34. The smallest absolute Gasteiger partial charge is 0.192 e. The van der Waals surface area contributed by atoms with Crippen LogP contribution >= 0.6 is 15.9 Å². The van der Waals surface area contributed by atoms with Gasteiger partial charge in [0.25, 0.3) is 0 Å². The molecule has 0 aliphatic rings. The molecule has 0 saturated carbocycles. The number of halogens is 1. The van der Waals surface area contributed by atoms with E-state index in [0.29, 0.717) is 5.89 Å². The summed E-state index contributed by atoms with van der Waals surface area (Å²) >= 11 is 3.38. The molecule has 3 nitrogen and oxygen atoms in total. The van der Waals surface area contributed by atoms with Gasteiger partial charge in [-0.15, -0.1) is 0 Å². The molecule has 2 rings (SSSR count). The fourth-order valence-electron chi connectivity index (χ4n) is 1.93. The molecule has 17 heavy (non-hydrogen) atoms. The van der Waals surface area contributed by atoms with Gasteiger partial charge in [-0.3, -0.25) is 0 Å². The Morgan fingerprint density at radius 1 is 1.41 bits per heavy atom. The van der Waals surface area contributed by atoms with Crippen LogP contribution in [0.4, 0.5) is 0 Å². The number of hydrogen-bond donors (Lipinski definition) is 1. The molecule has 0 spiro atoms. The second kappa shape index (κ2) is 4.78. The van der Waals surface area contributed by atoms with Gasteiger partial charge in [-0.25, -0.2) is 4.98 Å². The van der Waals surface area contributed by atoms with Gasteiger partial charge in [0, 0.05) is 18.9 Å². The van der Waals surface area contributed by atoms with Crippen molar-refractivity contribution in [2.45, 2.75) is 26.2 Å². The van der Waals surface area contributed by atoms with Crippen LogP contribution in [0.3, 0.4) is 0 Å². The summed E-state index contributed by atoms with van der Waals surface area (Å²) in [5.41, 5.74) is 3.95. The van der Waals surface area contributed by atoms with Crippen molar-refractivity contribution in [3.8, 4) is 0 Å². The summed E-state index contributed by atoms with van der Waals surface area (Å²) in [4.78, 5) is 4.37. The maximum absolute atomic E-state index is 5.48. The van der Waals surface area contributed by atoms with E-state index in [0.717, 1.165) is 23.1 Å². The van der Waals surface area contributed by atoms with Crippen molar-refractivity contribution in [2.75, 3.05) is 12.0 Å². The van der Waals surface area contributed by atoms with Crippen LogP contribution in [0.5, 0.6) is 0 Å². The molecule has 0 atom stereocenters. The van der Waals surface area contributed by atoms with Gasteiger partial charge >= 0.3 is 0 Å². The summed E-state index contributed by atoms with van der Waals surface area (Å²) in [6.45, 7) is 7.23. The summed E-state index contributed by atoms with van der Waals surface area (Å²) in [6, 6.07) is 6.23. The third-order valence-electron chi connectivity index (χ3n) is 2.94. The van der Waals surface area contributed by atoms with Gasteiger partial charge in [0.1, 0.15) is 5.52 Å². The van der Waals surface area contributed by atoms with Gasteiger partial charge in [-0.2, -0.15) is 0 Å². The molecule has 1 heterocycles. The molecule has 2 aromatic rings. The average Bonchev–Trinajstić information content (AvgIpc) is 2.65. The quantitative estimate of drug-likeness (QED) is 0.694. The monoisotopic (exact) mass is 296 g/mol. The fourth-order valence-corrected chi connectivity index (χ4v) is 2.12. The topological polar surface area (TPSA) is 38.1 Å². The van der Waals surface area contributed by atoms with Crippen molar-refractivity contribution >= 4 is 27.0 Å². The average molecular weight is 297 g/mol. The summed E-state index contributed by atoms with van der Waals surface area (Å²) in [5, 5.41) is 3.31. The lowest BCUT2D eigenvalue weighted by Crippen LogP contribution is -2.32. The minimum absolute atomic E-state index is 0.0782. The third kappa shape index (κ3) is 2.69. The predicted molar refractivity (Wildman–Crippen MR) is 73.6 cm³/mol. The van der Waals surface area contributed by atoms with E-state index in [2.05, 4.69) is 52.2 Å². The Morgan fingerprint density at radius 2 is 2.18 bits per heavy atom. The molecule has 0 bridgehead atoms. The van der Waals surface area contributed by atoms with Gasteiger partial charge in [0.2, 0.25) is 0 Å². The summed E-state index contributed by atoms with van der Waals surface area (Å²) in [6.07, 6.45) is 0. The van der Waals surface area contributed by atoms with Crippen molar-refractivity contribution in [3.05, 3.63) is 29.7 Å². The van der Waals surface area contributed by atoms with Crippen LogP contribution in [-0.4, -0.2) is 17.0 Å². The number of nitrogens with zero attached hydrogens (tertiary/aromatic N) is 1. The number of nitrogens with one attached hydrogen (secondary N) is 1. The number of aromatic nitrogens is 1. The maximum atomic E-state index is 5.48. The van der Waals surface area contributed by atoms with Gasteiger partial charge in [-0.1, -0.05) is 35.8 Å². The zero-order valence-corrected chi connectivity index (χ0v) is 12.0. The van der Waals surface area contributed by atoms with Crippen molar-refractivity contribution in [3.63, 3.8) is 0 Å². The first-order valence-corrected chi connectivity index (χ1v) is 6.79. The lowest BCUT2D eigenvalue weighted by Gasteiger charge is -2.25. The van der Waals surface area contributed by atoms with Crippen molar-refractivity contribution < 1.29 is 4.42 Å². The second-order valence-electron chi connectivity index (χ2n) is 4.86. The largest absolute Gasteiger partial charge is 0.441 e. The summed E-state index contributed by atoms with van der Waals surface area (Å²) in [7, 11) is 0. The first-order valence-electron chi connectivity index (χ1n) is 5.67. The Labute approximate surface area is 110 Å². The van der Waals surface area contributed by atoms with E-state index in [4.69, 9.17) is 4.42 Å². The van der Waals surface area contributed by atoms with E-state index >= 15 is 0 Å². The highest BCUT2D eigenvalue weighted by Crippen LogP contribution is 2.26. The Kier molecular flexibility index (Phi) is 3.54. The van der Waals surface area contributed by atoms with Crippen LogP contribution in [0.15, 0.2) is 22.6 Å². The molecule has 0 unspecified atom stereocenters. The number of benzene rings is 1. The van der Waals surface area contributed by atoms with Crippen molar-refractivity contribution in [1.29, 1.82) is 0 Å². The zero-order valence-electron chi connectivity index (χ0n) is 10.4. The lowest BCUT2D eigenvalue weighted by molar-refractivity contribution is 0.491. The van der Waals surface area contributed by atoms with E-state index in [1.165, 1.54) is 5.56 Å². The van der Waals surface area contributed by atoms with Crippen LogP contribution in [0, 0.1) is 6.92 Å². The van der Waals surface area contributed by atoms with Crippen LogP contribution in [0.2, 0.25) is 0 Å². The van der Waals surface area contributed by atoms with Crippen molar-refractivity contribution in [2.24, 2.45) is 0 Å². The van der Waals surface area contributed by atoms with Crippen molar-refractivity contribution in [1.82, 2.24) is 10.3 Å². The summed E-state index contributed by atoms with van der Waals surface area (Å²) in [5.74, 6) is 0.716. The fraction of sp³-hybridized carbons (Fsp3) is 0.462. The number of fused-ring (bicyclic) bond motifs is 1. The van der Waals surface area contributed by atoms with E-state index in [9.17, 15) is 0 Å². The molecule has 0 radical (unpaired) electrons. The molecule has 0 amide bonds. The van der Waals surface area contributed by atoms with E-state index < -0.39 is 0 Å². The van der Waals surface area contributed by atoms with Gasteiger partial charge < -0.3 is 9.73 Å². The van der Waals surface area contributed by atoms with E-state index in [-0.39, 0.29) is 5.41 Å². The Hall–Kier alpha value is -0.870. The van der Waals surface area contributed by atoms with Gasteiger partial charge in [0.05, 0.1) is 5.45 Å². The predicted octanol–water partition coefficient (Wildman–Crippen LogP) is 3.36. The highest BCUT2D eigenvalue weighted by atomic mass is 79.9. The molecule has 0 fully saturated rings. The Bertz CT molecular complexity index is 519. The van der Waals surface area contributed by atoms with Crippen LogP contribution in [0.1, 0.15) is 25.3 Å². The minimum atomic E-state index is 0.0782. The van der Waals surface area contributed by atoms with Gasteiger partial charge in [0.15, 0.2) is 11.5 Å².